The molecule has 1 aromatic rings. The quantitative estimate of drug-likeness (QED) is 0.607. The smallest absolute Gasteiger partial charge is 0.130 e. The largest absolute Gasteiger partial charge is 0.303 e. The average molecular weight is 257 g/mol. The number of rotatable bonds is 4. The van der Waals surface area contributed by atoms with E-state index in [1.165, 1.54) is 25.8 Å². The van der Waals surface area contributed by atoms with Gasteiger partial charge in [0.25, 0.3) is 0 Å². The third kappa shape index (κ3) is 3.37. The summed E-state index contributed by atoms with van der Waals surface area (Å²) in [6.07, 6.45) is 3.94. The summed E-state index contributed by atoms with van der Waals surface area (Å²) in [5, 5.41) is 1.62. The molecule has 0 amide bonds. The van der Waals surface area contributed by atoms with Crippen LogP contribution in [-0.2, 0) is 0 Å². The van der Waals surface area contributed by atoms with Crippen molar-refractivity contribution in [3.63, 3.8) is 0 Å². The Balaban J connectivity index is 1.75. The molecule has 16 heavy (non-hydrogen) atoms. The summed E-state index contributed by atoms with van der Waals surface area (Å²) < 4.78 is 0. The molecule has 1 fully saturated rings. The van der Waals surface area contributed by atoms with Crippen LogP contribution in [0.25, 0.3) is 0 Å². The lowest BCUT2D eigenvalue weighted by molar-refractivity contribution is 0.305. The van der Waals surface area contributed by atoms with E-state index in [0.29, 0.717) is 5.15 Å². The lowest BCUT2D eigenvalue weighted by Crippen LogP contribution is -2.25. The Kier molecular flexibility index (Phi) is 4.50. The highest BCUT2D eigenvalue weighted by atomic mass is 35.5. The molecule has 1 aliphatic rings. The van der Waals surface area contributed by atoms with Crippen LogP contribution in [0, 0.1) is 0 Å². The number of thioether (sulfide) groups is 1. The van der Waals surface area contributed by atoms with Crippen molar-refractivity contribution in [1.29, 1.82) is 0 Å². The van der Waals surface area contributed by atoms with Crippen molar-refractivity contribution in [2.24, 2.45) is 0 Å². The van der Waals surface area contributed by atoms with Crippen molar-refractivity contribution in [3.05, 3.63) is 23.4 Å². The van der Waals surface area contributed by atoms with Crippen LogP contribution in [0.1, 0.15) is 19.3 Å². The van der Waals surface area contributed by atoms with Crippen molar-refractivity contribution in [2.45, 2.75) is 30.3 Å². The van der Waals surface area contributed by atoms with Crippen molar-refractivity contribution >= 4 is 23.4 Å². The van der Waals surface area contributed by atoms with E-state index < -0.39 is 0 Å². The molecule has 88 valence electrons. The first-order chi connectivity index (χ1) is 7.75. The Bertz CT molecular complexity index is 346. The number of hydrogen-bond acceptors (Lipinski definition) is 3. The Morgan fingerprint density at radius 3 is 3.12 bits per heavy atom. The van der Waals surface area contributed by atoms with E-state index in [4.69, 9.17) is 11.6 Å². The van der Waals surface area contributed by atoms with Gasteiger partial charge in [-0.15, -0.1) is 11.8 Å². The van der Waals surface area contributed by atoms with E-state index in [1.54, 1.807) is 11.8 Å². The van der Waals surface area contributed by atoms with Crippen molar-refractivity contribution < 1.29 is 0 Å². The van der Waals surface area contributed by atoms with E-state index in [1.807, 2.05) is 18.2 Å². The standard InChI is InChI=1S/C12H17ClN2S/c1-15-8-3-4-10(15)7-9-16-12-6-2-5-11(13)14-12/h2,5-6,10H,3-4,7-9H2,1H3. The second-order valence-electron chi connectivity index (χ2n) is 4.21. The van der Waals surface area contributed by atoms with Gasteiger partial charge in [-0.3, -0.25) is 0 Å². The van der Waals surface area contributed by atoms with Crippen molar-refractivity contribution in [3.8, 4) is 0 Å². The van der Waals surface area contributed by atoms with Gasteiger partial charge in [0, 0.05) is 11.8 Å². The van der Waals surface area contributed by atoms with Crippen LogP contribution in [0.5, 0.6) is 0 Å². The number of nitrogens with zero attached hydrogens (tertiary/aromatic N) is 2. The van der Waals surface area contributed by atoms with Gasteiger partial charge in [0.15, 0.2) is 0 Å². The summed E-state index contributed by atoms with van der Waals surface area (Å²) in [6, 6.07) is 6.57. The third-order valence-electron chi connectivity index (χ3n) is 3.06. The molecule has 0 radical (unpaired) electrons. The molecule has 0 aromatic carbocycles. The minimum Gasteiger partial charge on any atom is -0.303 e. The zero-order valence-electron chi connectivity index (χ0n) is 9.53. The van der Waals surface area contributed by atoms with Crippen LogP contribution in [0.3, 0.4) is 0 Å². The zero-order chi connectivity index (χ0) is 11.4. The summed E-state index contributed by atoms with van der Waals surface area (Å²) in [4.78, 5) is 6.74. The SMILES string of the molecule is CN1CCCC1CCSc1cccc(Cl)n1. The number of likely N-dealkylation sites (tertiary alicyclic amines) is 1. The van der Waals surface area contributed by atoms with Crippen LogP contribution >= 0.6 is 23.4 Å². The zero-order valence-corrected chi connectivity index (χ0v) is 11.1. The third-order valence-corrected chi connectivity index (χ3v) is 4.24. The predicted octanol–water partition coefficient (Wildman–Crippen LogP) is 3.31. The highest BCUT2D eigenvalue weighted by molar-refractivity contribution is 7.99. The van der Waals surface area contributed by atoms with Gasteiger partial charge in [-0.2, -0.15) is 0 Å². The summed E-state index contributed by atoms with van der Waals surface area (Å²) >= 11 is 7.64. The van der Waals surface area contributed by atoms with E-state index in [2.05, 4.69) is 16.9 Å². The van der Waals surface area contributed by atoms with E-state index in [-0.39, 0.29) is 0 Å². The van der Waals surface area contributed by atoms with Gasteiger partial charge in [0.2, 0.25) is 0 Å². The molecule has 1 aromatic heterocycles. The molecule has 2 nitrogen and oxygen atoms in total. The maximum Gasteiger partial charge on any atom is 0.130 e. The average Bonchev–Trinajstić information content (AvgIpc) is 2.65. The fourth-order valence-electron chi connectivity index (χ4n) is 2.11. The predicted molar refractivity (Wildman–Crippen MR) is 70.2 cm³/mol. The van der Waals surface area contributed by atoms with Crippen LogP contribution in [0.4, 0.5) is 0 Å². The molecule has 2 heterocycles. The van der Waals surface area contributed by atoms with Crippen molar-refractivity contribution in [2.75, 3.05) is 19.3 Å². The molecule has 1 atom stereocenters. The topological polar surface area (TPSA) is 16.1 Å². The number of pyridine rings is 1. The maximum atomic E-state index is 5.84. The molecule has 0 bridgehead atoms. The lowest BCUT2D eigenvalue weighted by atomic mass is 10.2. The molecule has 0 spiro atoms. The monoisotopic (exact) mass is 256 g/mol. The van der Waals surface area contributed by atoms with Gasteiger partial charge in [-0.25, -0.2) is 4.98 Å². The molecule has 1 aliphatic heterocycles. The minimum atomic E-state index is 0.586. The molecule has 2 rings (SSSR count). The van der Waals surface area contributed by atoms with E-state index in [0.717, 1.165) is 16.8 Å². The fourth-order valence-corrected chi connectivity index (χ4v) is 3.26. The molecule has 0 aliphatic carbocycles. The summed E-state index contributed by atoms with van der Waals surface area (Å²) in [6.45, 7) is 1.25. The first-order valence-corrected chi connectivity index (χ1v) is 7.07. The first kappa shape index (κ1) is 12.2. The second kappa shape index (κ2) is 5.89. The minimum absolute atomic E-state index is 0.586. The number of halogens is 1. The van der Waals surface area contributed by atoms with Gasteiger partial charge in [-0.05, 0) is 45.0 Å². The highest BCUT2D eigenvalue weighted by Crippen LogP contribution is 2.23. The van der Waals surface area contributed by atoms with Crippen LogP contribution in [0.15, 0.2) is 23.2 Å². The number of aromatic nitrogens is 1. The summed E-state index contributed by atoms with van der Waals surface area (Å²) in [5.41, 5.74) is 0. The molecular formula is C12H17ClN2S. The molecule has 4 heteroatoms. The van der Waals surface area contributed by atoms with Crippen LogP contribution in [-0.4, -0.2) is 35.3 Å². The lowest BCUT2D eigenvalue weighted by Gasteiger charge is -2.18. The molecule has 0 saturated carbocycles. The summed E-state index contributed by atoms with van der Waals surface area (Å²) in [7, 11) is 2.22. The van der Waals surface area contributed by atoms with E-state index in [9.17, 15) is 0 Å². The van der Waals surface area contributed by atoms with Gasteiger partial charge < -0.3 is 4.90 Å². The fraction of sp³-hybridized carbons (Fsp3) is 0.583. The molecular weight excluding hydrogens is 240 g/mol. The summed E-state index contributed by atoms with van der Waals surface area (Å²) in [5.74, 6) is 1.13. The van der Waals surface area contributed by atoms with Gasteiger partial charge >= 0.3 is 0 Å². The Morgan fingerprint density at radius 2 is 2.44 bits per heavy atom. The Hall–Kier alpha value is -0.250. The first-order valence-electron chi connectivity index (χ1n) is 5.71. The van der Waals surface area contributed by atoms with Crippen molar-refractivity contribution in [1.82, 2.24) is 9.88 Å². The van der Waals surface area contributed by atoms with Crippen LogP contribution in [0.2, 0.25) is 5.15 Å². The van der Waals surface area contributed by atoms with Gasteiger partial charge in [-0.1, -0.05) is 17.7 Å². The normalized spacial score (nSPS) is 21.5. The second-order valence-corrected chi connectivity index (χ2v) is 5.71. The highest BCUT2D eigenvalue weighted by Gasteiger charge is 2.19. The molecule has 1 saturated heterocycles. The van der Waals surface area contributed by atoms with Gasteiger partial charge in [0.1, 0.15) is 5.15 Å². The molecule has 1 unspecified atom stereocenters. The van der Waals surface area contributed by atoms with Crippen LogP contribution < -0.4 is 0 Å². The Morgan fingerprint density at radius 1 is 1.56 bits per heavy atom. The maximum absolute atomic E-state index is 5.84. The Labute approximate surface area is 106 Å². The number of hydrogen-bond donors (Lipinski definition) is 0. The van der Waals surface area contributed by atoms with E-state index >= 15 is 0 Å². The molecule has 0 N–H and O–H groups in total. The van der Waals surface area contributed by atoms with Gasteiger partial charge in [0.05, 0.1) is 5.03 Å².